The molecule has 2 heterocycles. The van der Waals surface area contributed by atoms with Crippen molar-refractivity contribution in [2.45, 2.75) is 44.6 Å². The maximum absolute atomic E-state index is 9.81. The predicted molar refractivity (Wildman–Crippen MR) is 88.2 cm³/mol. The van der Waals surface area contributed by atoms with Gasteiger partial charge < -0.3 is 15.7 Å². The molecule has 0 spiro atoms. The second-order valence-electron chi connectivity index (χ2n) is 5.70. The van der Waals surface area contributed by atoms with Crippen molar-refractivity contribution >= 4 is 33.3 Å². The third kappa shape index (κ3) is 2.70. The molecule has 5 nitrogen and oxygen atoms in total. The second kappa shape index (κ2) is 5.77. The van der Waals surface area contributed by atoms with Crippen LogP contribution in [-0.2, 0) is 6.42 Å². The van der Waals surface area contributed by atoms with Crippen molar-refractivity contribution < 1.29 is 5.11 Å². The number of hydrogen-bond acceptors (Lipinski definition) is 6. The van der Waals surface area contributed by atoms with Gasteiger partial charge in [0.15, 0.2) is 0 Å². The number of aliphatic hydroxyl groups excluding tert-OH is 1. The Kier molecular flexibility index (Phi) is 3.99. The van der Waals surface area contributed by atoms with Crippen LogP contribution in [0.25, 0.3) is 10.2 Å². The first kappa shape index (κ1) is 14.5. The Morgan fingerprint density at radius 2 is 2.10 bits per heavy atom. The SMILES string of the molecule is CCc1cc2c(NC3(CO)CCCC3)nc(NC)nc2s1. The average Bonchev–Trinajstić information content (AvgIpc) is 3.13. The Bertz CT molecular complexity index is 634. The molecule has 1 fully saturated rings. The van der Waals surface area contributed by atoms with E-state index in [1.54, 1.807) is 11.3 Å². The molecule has 114 valence electrons. The Hall–Kier alpha value is -1.40. The molecule has 2 aromatic heterocycles. The average molecular weight is 306 g/mol. The van der Waals surface area contributed by atoms with Crippen LogP contribution in [0.5, 0.6) is 0 Å². The van der Waals surface area contributed by atoms with E-state index in [0.717, 1.165) is 48.1 Å². The summed E-state index contributed by atoms with van der Waals surface area (Å²) < 4.78 is 0. The second-order valence-corrected chi connectivity index (χ2v) is 6.82. The quantitative estimate of drug-likeness (QED) is 0.792. The van der Waals surface area contributed by atoms with E-state index in [9.17, 15) is 5.11 Å². The first-order valence-corrected chi connectivity index (χ1v) is 8.38. The van der Waals surface area contributed by atoms with Crippen LogP contribution in [0, 0.1) is 0 Å². The van der Waals surface area contributed by atoms with Gasteiger partial charge in [-0.2, -0.15) is 4.98 Å². The number of thiophene rings is 1. The van der Waals surface area contributed by atoms with E-state index < -0.39 is 0 Å². The number of nitrogens with zero attached hydrogens (tertiary/aromatic N) is 2. The number of aliphatic hydroxyl groups is 1. The van der Waals surface area contributed by atoms with E-state index in [1.165, 1.54) is 4.88 Å². The van der Waals surface area contributed by atoms with Crippen LogP contribution in [0.2, 0.25) is 0 Å². The lowest BCUT2D eigenvalue weighted by atomic mass is 9.99. The topological polar surface area (TPSA) is 70.1 Å². The summed E-state index contributed by atoms with van der Waals surface area (Å²) in [5, 5.41) is 17.4. The van der Waals surface area contributed by atoms with Gasteiger partial charge in [-0.05, 0) is 25.3 Å². The van der Waals surface area contributed by atoms with Crippen LogP contribution < -0.4 is 10.6 Å². The number of rotatable bonds is 5. The lowest BCUT2D eigenvalue weighted by Gasteiger charge is -2.29. The third-order valence-electron chi connectivity index (χ3n) is 4.26. The van der Waals surface area contributed by atoms with E-state index in [2.05, 4.69) is 33.6 Å². The van der Waals surface area contributed by atoms with Gasteiger partial charge in [-0.3, -0.25) is 0 Å². The molecule has 0 radical (unpaired) electrons. The van der Waals surface area contributed by atoms with Crippen molar-refractivity contribution in [3.8, 4) is 0 Å². The minimum absolute atomic E-state index is 0.151. The van der Waals surface area contributed by atoms with Crippen molar-refractivity contribution in [2.24, 2.45) is 0 Å². The fourth-order valence-electron chi connectivity index (χ4n) is 2.98. The standard InChI is InChI=1S/C15H22N4OS/c1-3-10-8-11-12(17-14(16-2)18-13(11)21-10)19-15(9-20)6-4-5-7-15/h8,20H,3-7,9H2,1-2H3,(H2,16,17,18,19). The first-order chi connectivity index (χ1) is 10.2. The largest absolute Gasteiger partial charge is 0.394 e. The molecule has 3 rings (SSSR count). The van der Waals surface area contributed by atoms with Crippen molar-refractivity contribution in [3.05, 3.63) is 10.9 Å². The van der Waals surface area contributed by atoms with Gasteiger partial charge in [-0.15, -0.1) is 11.3 Å². The molecule has 0 atom stereocenters. The van der Waals surface area contributed by atoms with Gasteiger partial charge in [0.25, 0.3) is 0 Å². The molecule has 6 heteroatoms. The van der Waals surface area contributed by atoms with Crippen LogP contribution in [0.15, 0.2) is 6.07 Å². The van der Waals surface area contributed by atoms with Crippen LogP contribution in [-0.4, -0.2) is 34.3 Å². The zero-order valence-electron chi connectivity index (χ0n) is 12.6. The first-order valence-electron chi connectivity index (χ1n) is 7.57. The van der Waals surface area contributed by atoms with Gasteiger partial charge >= 0.3 is 0 Å². The number of aryl methyl sites for hydroxylation is 1. The van der Waals surface area contributed by atoms with Crippen molar-refractivity contribution in [3.63, 3.8) is 0 Å². The number of aromatic nitrogens is 2. The molecule has 0 aliphatic heterocycles. The van der Waals surface area contributed by atoms with E-state index in [1.807, 2.05) is 7.05 Å². The van der Waals surface area contributed by atoms with Crippen LogP contribution in [0.3, 0.4) is 0 Å². The lowest BCUT2D eigenvalue weighted by Crippen LogP contribution is -2.39. The Morgan fingerprint density at radius 1 is 1.33 bits per heavy atom. The van der Waals surface area contributed by atoms with Gasteiger partial charge in [0.05, 0.1) is 17.5 Å². The van der Waals surface area contributed by atoms with Crippen LogP contribution >= 0.6 is 11.3 Å². The molecule has 0 unspecified atom stereocenters. The fourth-order valence-corrected chi connectivity index (χ4v) is 3.95. The molecular weight excluding hydrogens is 284 g/mol. The summed E-state index contributed by atoms with van der Waals surface area (Å²) in [6.45, 7) is 2.30. The molecule has 0 saturated heterocycles. The van der Waals surface area contributed by atoms with E-state index in [-0.39, 0.29) is 12.1 Å². The summed E-state index contributed by atoms with van der Waals surface area (Å²) in [6.07, 6.45) is 5.30. The molecule has 0 bridgehead atoms. The van der Waals surface area contributed by atoms with Crippen LogP contribution in [0.1, 0.15) is 37.5 Å². The fraction of sp³-hybridized carbons (Fsp3) is 0.600. The summed E-state index contributed by atoms with van der Waals surface area (Å²) >= 11 is 1.71. The monoisotopic (exact) mass is 306 g/mol. The highest BCUT2D eigenvalue weighted by molar-refractivity contribution is 7.18. The van der Waals surface area contributed by atoms with Crippen molar-refractivity contribution in [1.29, 1.82) is 0 Å². The molecule has 2 aromatic rings. The minimum Gasteiger partial charge on any atom is -0.394 e. The van der Waals surface area contributed by atoms with Gasteiger partial charge in [-0.25, -0.2) is 4.98 Å². The molecule has 0 aromatic carbocycles. The third-order valence-corrected chi connectivity index (χ3v) is 5.44. The molecular formula is C15H22N4OS. The highest BCUT2D eigenvalue weighted by Gasteiger charge is 2.34. The van der Waals surface area contributed by atoms with Gasteiger partial charge in [0.2, 0.25) is 5.95 Å². The number of nitrogens with one attached hydrogen (secondary N) is 2. The Balaban J connectivity index is 2.04. The summed E-state index contributed by atoms with van der Waals surface area (Å²) in [7, 11) is 1.83. The number of fused-ring (bicyclic) bond motifs is 1. The molecule has 3 N–H and O–H groups in total. The molecule has 0 amide bonds. The number of anilines is 2. The Morgan fingerprint density at radius 3 is 2.71 bits per heavy atom. The summed E-state index contributed by atoms with van der Waals surface area (Å²) in [5.41, 5.74) is -0.222. The van der Waals surface area contributed by atoms with Gasteiger partial charge in [0.1, 0.15) is 10.6 Å². The van der Waals surface area contributed by atoms with E-state index in [4.69, 9.17) is 0 Å². The zero-order valence-corrected chi connectivity index (χ0v) is 13.4. The lowest BCUT2D eigenvalue weighted by molar-refractivity contribution is 0.214. The van der Waals surface area contributed by atoms with E-state index >= 15 is 0 Å². The molecule has 21 heavy (non-hydrogen) atoms. The zero-order chi connectivity index (χ0) is 14.9. The van der Waals surface area contributed by atoms with Crippen molar-refractivity contribution in [1.82, 2.24) is 9.97 Å². The maximum atomic E-state index is 9.81. The smallest absolute Gasteiger partial charge is 0.225 e. The predicted octanol–water partition coefficient (Wildman–Crippen LogP) is 3.01. The van der Waals surface area contributed by atoms with Gasteiger partial charge in [0, 0.05) is 11.9 Å². The molecule has 1 saturated carbocycles. The highest BCUT2D eigenvalue weighted by Crippen LogP contribution is 2.36. The minimum atomic E-state index is -0.222. The summed E-state index contributed by atoms with van der Waals surface area (Å²) in [5.74, 6) is 1.47. The highest BCUT2D eigenvalue weighted by atomic mass is 32.1. The van der Waals surface area contributed by atoms with Crippen LogP contribution in [0.4, 0.5) is 11.8 Å². The summed E-state index contributed by atoms with van der Waals surface area (Å²) in [4.78, 5) is 11.4. The van der Waals surface area contributed by atoms with Crippen molar-refractivity contribution in [2.75, 3.05) is 24.3 Å². The normalized spacial score (nSPS) is 17.3. The Labute approximate surface area is 128 Å². The molecule has 1 aliphatic carbocycles. The maximum Gasteiger partial charge on any atom is 0.225 e. The van der Waals surface area contributed by atoms with E-state index in [0.29, 0.717) is 5.95 Å². The number of hydrogen-bond donors (Lipinski definition) is 3. The van der Waals surface area contributed by atoms with Gasteiger partial charge in [-0.1, -0.05) is 19.8 Å². The molecule has 1 aliphatic rings. The summed E-state index contributed by atoms with van der Waals surface area (Å²) in [6, 6.07) is 2.17.